The molecule has 0 aliphatic heterocycles. The highest BCUT2D eigenvalue weighted by Gasteiger charge is 2.22. The van der Waals surface area contributed by atoms with Crippen LogP contribution in [0.1, 0.15) is 29.7 Å². The molecule has 0 spiro atoms. The fourth-order valence-corrected chi connectivity index (χ4v) is 4.44. The van der Waals surface area contributed by atoms with Crippen molar-refractivity contribution in [1.29, 1.82) is 0 Å². The van der Waals surface area contributed by atoms with Crippen molar-refractivity contribution in [1.82, 2.24) is 14.9 Å². The number of aryl methyl sites for hydroxylation is 1. The van der Waals surface area contributed by atoms with Gasteiger partial charge in [0.05, 0.1) is 10.6 Å². The third-order valence-corrected chi connectivity index (χ3v) is 6.18. The molecule has 1 heterocycles. The second kappa shape index (κ2) is 7.46. The molecule has 2 N–H and O–H groups in total. The van der Waals surface area contributed by atoms with E-state index < -0.39 is 10.0 Å². The highest BCUT2D eigenvalue weighted by molar-refractivity contribution is 7.89. The first-order valence-corrected chi connectivity index (χ1v) is 10.0. The number of aromatic amines is 1. The zero-order valence-corrected chi connectivity index (χ0v) is 16.2. The molecule has 6 nitrogen and oxygen atoms in total. The summed E-state index contributed by atoms with van der Waals surface area (Å²) in [6.45, 7) is 5.44. The summed E-state index contributed by atoms with van der Waals surface area (Å²) in [5.74, 6) is 0. The van der Waals surface area contributed by atoms with Gasteiger partial charge in [-0.15, -0.1) is 0 Å². The first-order valence-electron chi connectivity index (χ1n) is 8.52. The molecule has 0 aliphatic rings. The summed E-state index contributed by atoms with van der Waals surface area (Å²) >= 11 is 0. The number of hydrogen-bond donors (Lipinski definition) is 2. The highest BCUT2D eigenvalue weighted by Crippen LogP contribution is 2.27. The third kappa shape index (κ3) is 4.15. The monoisotopic (exact) mass is 383 g/mol. The van der Waals surface area contributed by atoms with Crippen LogP contribution in [0.2, 0.25) is 0 Å². The van der Waals surface area contributed by atoms with Crippen LogP contribution in [0, 0.1) is 13.8 Å². The SMILES string of the molecule is Cc1cc(-c2ccc(=O)[nH]n2)cc(S(=O)(=O)N[C@H](C)c2ccccc2)c1C. The molecule has 0 radical (unpaired) electrons. The molecule has 1 aromatic heterocycles. The van der Waals surface area contributed by atoms with Crippen molar-refractivity contribution in [3.63, 3.8) is 0 Å². The lowest BCUT2D eigenvalue weighted by Gasteiger charge is -2.17. The molecule has 3 rings (SSSR count). The zero-order chi connectivity index (χ0) is 19.6. The van der Waals surface area contributed by atoms with Crippen LogP contribution in [0.5, 0.6) is 0 Å². The summed E-state index contributed by atoms with van der Waals surface area (Å²) < 4.78 is 28.8. The molecule has 27 heavy (non-hydrogen) atoms. The fourth-order valence-electron chi connectivity index (χ4n) is 2.87. The zero-order valence-electron chi connectivity index (χ0n) is 15.4. The van der Waals surface area contributed by atoms with E-state index >= 15 is 0 Å². The molecule has 140 valence electrons. The average molecular weight is 383 g/mol. The number of nitrogens with zero attached hydrogens (tertiary/aromatic N) is 1. The quantitative estimate of drug-likeness (QED) is 0.708. The van der Waals surface area contributed by atoms with Gasteiger partial charge in [-0.05, 0) is 55.7 Å². The first kappa shape index (κ1) is 19.0. The molecule has 7 heteroatoms. The van der Waals surface area contributed by atoms with Crippen LogP contribution in [0.3, 0.4) is 0 Å². The summed E-state index contributed by atoms with van der Waals surface area (Å²) in [5.41, 5.74) is 3.21. The van der Waals surface area contributed by atoms with E-state index in [0.717, 1.165) is 11.1 Å². The van der Waals surface area contributed by atoms with E-state index in [2.05, 4.69) is 14.9 Å². The van der Waals surface area contributed by atoms with Crippen LogP contribution in [0.25, 0.3) is 11.3 Å². The second-order valence-electron chi connectivity index (χ2n) is 6.48. The van der Waals surface area contributed by atoms with Crippen LogP contribution >= 0.6 is 0 Å². The van der Waals surface area contributed by atoms with Gasteiger partial charge in [0, 0.05) is 17.7 Å². The Labute approximate surface area is 158 Å². The smallest absolute Gasteiger partial charge is 0.264 e. The van der Waals surface area contributed by atoms with Gasteiger partial charge in [-0.1, -0.05) is 30.3 Å². The van der Waals surface area contributed by atoms with E-state index in [1.165, 1.54) is 6.07 Å². The molecule has 0 saturated carbocycles. The molecule has 3 aromatic rings. The van der Waals surface area contributed by atoms with E-state index in [1.54, 1.807) is 19.1 Å². The Morgan fingerprint density at radius 3 is 2.37 bits per heavy atom. The fraction of sp³-hybridized carbons (Fsp3) is 0.200. The Morgan fingerprint density at radius 1 is 1.04 bits per heavy atom. The van der Waals surface area contributed by atoms with Crippen molar-refractivity contribution in [3.05, 3.63) is 81.6 Å². The minimum Gasteiger partial charge on any atom is -0.268 e. The molecular weight excluding hydrogens is 362 g/mol. The third-order valence-electron chi connectivity index (χ3n) is 4.52. The maximum atomic E-state index is 13.0. The summed E-state index contributed by atoms with van der Waals surface area (Å²) in [6.07, 6.45) is 0. The molecule has 0 bridgehead atoms. The predicted molar refractivity (Wildman–Crippen MR) is 105 cm³/mol. The van der Waals surface area contributed by atoms with Gasteiger partial charge in [-0.3, -0.25) is 4.79 Å². The Kier molecular flexibility index (Phi) is 5.25. The summed E-state index contributed by atoms with van der Waals surface area (Å²) in [6, 6.07) is 15.4. The number of rotatable bonds is 5. The lowest BCUT2D eigenvalue weighted by Crippen LogP contribution is -2.27. The van der Waals surface area contributed by atoms with E-state index in [-0.39, 0.29) is 16.5 Å². The van der Waals surface area contributed by atoms with Gasteiger partial charge in [0.15, 0.2) is 0 Å². The summed E-state index contributed by atoms with van der Waals surface area (Å²) in [7, 11) is -3.75. The van der Waals surface area contributed by atoms with E-state index in [9.17, 15) is 13.2 Å². The predicted octanol–water partition coefficient (Wildman–Crippen LogP) is 3.09. The van der Waals surface area contributed by atoms with Crippen LogP contribution in [0.4, 0.5) is 0 Å². The van der Waals surface area contributed by atoms with Gasteiger partial charge < -0.3 is 0 Å². The summed E-state index contributed by atoms with van der Waals surface area (Å²) in [4.78, 5) is 11.4. The number of hydrogen-bond acceptors (Lipinski definition) is 4. The van der Waals surface area contributed by atoms with E-state index in [0.29, 0.717) is 16.8 Å². The number of aromatic nitrogens is 2. The highest BCUT2D eigenvalue weighted by atomic mass is 32.2. The molecular formula is C20H21N3O3S. The maximum Gasteiger partial charge on any atom is 0.264 e. The van der Waals surface area contributed by atoms with Crippen LogP contribution in [0.15, 0.2) is 64.3 Å². The first-order chi connectivity index (χ1) is 12.8. The number of benzene rings is 2. The van der Waals surface area contributed by atoms with Gasteiger partial charge in [0.2, 0.25) is 10.0 Å². The topological polar surface area (TPSA) is 91.9 Å². The Hall–Kier alpha value is -2.77. The molecule has 0 aliphatic carbocycles. The van der Waals surface area contributed by atoms with Gasteiger partial charge in [-0.2, -0.15) is 5.10 Å². The van der Waals surface area contributed by atoms with Crippen LogP contribution in [-0.4, -0.2) is 18.6 Å². The molecule has 2 aromatic carbocycles. The molecule has 1 atom stereocenters. The van der Waals surface area contributed by atoms with E-state index in [1.807, 2.05) is 50.2 Å². The molecule has 0 unspecified atom stereocenters. The summed E-state index contributed by atoms with van der Waals surface area (Å²) in [5, 5.41) is 6.37. The minimum atomic E-state index is -3.75. The van der Waals surface area contributed by atoms with Crippen molar-refractivity contribution in [2.75, 3.05) is 0 Å². The van der Waals surface area contributed by atoms with Gasteiger partial charge in [0.25, 0.3) is 5.56 Å². The number of H-pyrrole nitrogens is 1. The minimum absolute atomic E-state index is 0.202. The molecule has 0 amide bonds. The van der Waals surface area contributed by atoms with Gasteiger partial charge >= 0.3 is 0 Å². The molecule has 0 fully saturated rings. The maximum absolute atomic E-state index is 13.0. The normalized spacial score (nSPS) is 12.7. The Bertz CT molecular complexity index is 1100. The van der Waals surface area contributed by atoms with Crippen molar-refractivity contribution < 1.29 is 8.42 Å². The largest absolute Gasteiger partial charge is 0.268 e. The number of sulfonamides is 1. The lowest BCUT2D eigenvalue weighted by atomic mass is 10.0. The standard InChI is InChI=1S/C20H21N3O3S/c1-13-11-17(18-9-10-20(24)22-21-18)12-19(14(13)2)27(25,26)23-15(3)16-7-5-4-6-8-16/h4-12,15,23H,1-3H3,(H,22,24)/t15-/m1/s1. The second-order valence-corrected chi connectivity index (χ2v) is 8.16. The van der Waals surface area contributed by atoms with Gasteiger partial charge in [0.1, 0.15) is 0 Å². The molecule has 0 saturated heterocycles. The average Bonchev–Trinajstić information content (AvgIpc) is 2.64. The van der Waals surface area contributed by atoms with Crippen LogP contribution < -0.4 is 10.3 Å². The van der Waals surface area contributed by atoms with Gasteiger partial charge in [-0.25, -0.2) is 18.2 Å². The Balaban J connectivity index is 2.01. The van der Waals surface area contributed by atoms with Crippen molar-refractivity contribution in [3.8, 4) is 11.3 Å². The number of nitrogens with one attached hydrogen (secondary N) is 2. The van der Waals surface area contributed by atoms with Crippen molar-refractivity contribution in [2.24, 2.45) is 0 Å². The van der Waals surface area contributed by atoms with Crippen LogP contribution in [-0.2, 0) is 10.0 Å². The Morgan fingerprint density at radius 2 is 1.74 bits per heavy atom. The van der Waals surface area contributed by atoms with Crippen molar-refractivity contribution >= 4 is 10.0 Å². The lowest BCUT2D eigenvalue weighted by molar-refractivity contribution is 0.566. The van der Waals surface area contributed by atoms with E-state index in [4.69, 9.17) is 0 Å². The van der Waals surface area contributed by atoms with Crippen molar-refractivity contribution in [2.45, 2.75) is 31.7 Å².